The Bertz CT molecular complexity index is 704. The largest absolute Gasteiger partial charge is 0.359 e. The highest BCUT2D eigenvalue weighted by molar-refractivity contribution is 7.91. The van der Waals surface area contributed by atoms with Crippen LogP contribution in [0.25, 0.3) is 0 Å². The van der Waals surface area contributed by atoms with E-state index in [0.717, 1.165) is 11.3 Å². The van der Waals surface area contributed by atoms with E-state index in [9.17, 15) is 18.0 Å². The van der Waals surface area contributed by atoms with E-state index >= 15 is 0 Å². The van der Waals surface area contributed by atoms with Crippen LogP contribution in [0.5, 0.6) is 0 Å². The number of amides is 2. The van der Waals surface area contributed by atoms with Crippen molar-refractivity contribution in [3.63, 3.8) is 0 Å². The summed E-state index contributed by atoms with van der Waals surface area (Å²) in [5.74, 6) is -1.78. The van der Waals surface area contributed by atoms with Crippen LogP contribution in [0.3, 0.4) is 0 Å². The predicted molar refractivity (Wildman–Crippen MR) is 91.8 cm³/mol. The zero-order chi connectivity index (χ0) is 19.2. The van der Waals surface area contributed by atoms with E-state index in [-0.39, 0.29) is 30.5 Å². The van der Waals surface area contributed by atoms with E-state index in [0.29, 0.717) is 0 Å². The maximum absolute atomic E-state index is 12.6. The maximum Gasteiger partial charge on any atom is 0.309 e. The molecule has 0 bridgehead atoms. The molecule has 0 aromatic carbocycles. The molecule has 2 rings (SSSR count). The molecule has 26 heavy (non-hydrogen) atoms. The summed E-state index contributed by atoms with van der Waals surface area (Å²) in [5.41, 5.74) is 0. The Kier molecular flexibility index (Phi) is 7.49. The molecule has 1 saturated heterocycles. The van der Waals surface area contributed by atoms with Crippen LogP contribution >= 0.6 is 11.3 Å². The van der Waals surface area contributed by atoms with Crippen LogP contribution in [0.15, 0.2) is 21.7 Å². The fourth-order valence-electron chi connectivity index (χ4n) is 2.25. The first kappa shape index (κ1) is 20.7. The quantitative estimate of drug-likeness (QED) is 0.416. The number of nitrogens with one attached hydrogen (secondary N) is 2. The Morgan fingerprint density at radius 2 is 2.04 bits per heavy atom. The fourth-order valence-corrected chi connectivity index (χ4v) is 4.88. The molecule has 0 aliphatic carbocycles. The number of carbonyl (C=O) groups excluding carboxylic acids is 2. The highest BCUT2D eigenvalue weighted by atomic mass is 32.2. The average Bonchev–Trinajstić information content (AvgIpc) is 3.32. The number of ether oxygens (including phenoxy) is 3. The van der Waals surface area contributed by atoms with Crippen molar-refractivity contribution in [2.75, 3.05) is 40.5 Å². The van der Waals surface area contributed by atoms with Gasteiger partial charge in [-0.05, 0) is 11.4 Å². The van der Waals surface area contributed by atoms with E-state index in [1.165, 1.54) is 24.6 Å². The minimum atomic E-state index is -3.70. The SMILES string of the molecule is COC(CNC(=O)C(=O)NCC1OCCN1S(=O)(=O)c1cccs1)OC. The van der Waals surface area contributed by atoms with Crippen molar-refractivity contribution in [2.45, 2.75) is 16.7 Å². The lowest BCUT2D eigenvalue weighted by Gasteiger charge is -2.22. The zero-order valence-electron chi connectivity index (χ0n) is 14.3. The van der Waals surface area contributed by atoms with Crippen LogP contribution in [-0.4, -0.2) is 77.5 Å². The number of thiophene rings is 1. The predicted octanol–water partition coefficient (Wildman–Crippen LogP) is -1.05. The normalized spacial score (nSPS) is 18.2. The molecule has 2 heterocycles. The van der Waals surface area contributed by atoms with E-state index in [2.05, 4.69) is 10.6 Å². The Labute approximate surface area is 155 Å². The Morgan fingerprint density at radius 3 is 2.65 bits per heavy atom. The lowest BCUT2D eigenvalue weighted by Crippen LogP contribution is -2.48. The van der Waals surface area contributed by atoms with E-state index in [1.807, 2.05) is 0 Å². The fraction of sp³-hybridized carbons (Fsp3) is 0.571. The van der Waals surface area contributed by atoms with Gasteiger partial charge >= 0.3 is 11.8 Å². The molecule has 2 amide bonds. The molecule has 1 atom stereocenters. The lowest BCUT2D eigenvalue weighted by molar-refractivity contribution is -0.142. The highest BCUT2D eigenvalue weighted by Gasteiger charge is 2.37. The molecule has 10 nitrogen and oxygen atoms in total. The molecule has 1 aliphatic heterocycles. The molecule has 1 aromatic rings. The van der Waals surface area contributed by atoms with Crippen LogP contribution < -0.4 is 10.6 Å². The summed E-state index contributed by atoms with van der Waals surface area (Å²) in [6.07, 6.45) is -1.54. The van der Waals surface area contributed by atoms with Gasteiger partial charge in [0, 0.05) is 20.8 Å². The van der Waals surface area contributed by atoms with Crippen molar-refractivity contribution in [1.82, 2.24) is 14.9 Å². The van der Waals surface area contributed by atoms with Gasteiger partial charge in [0.1, 0.15) is 10.4 Å². The molecule has 1 aromatic heterocycles. The summed E-state index contributed by atoms with van der Waals surface area (Å²) in [6, 6.07) is 3.15. The van der Waals surface area contributed by atoms with Gasteiger partial charge in [0.15, 0.2) is 6.29 Å². The monoisotopic (exact) mass is 407 g/mol. The second-order valence-electron chi connectivity index (χ2n) is 5.19. The highest BCUT2D eigenvalue weighted by Crippen LogP contribution is 2.25. The van der Waals surface area contributed by atoms with Crippen molar-refractivity contribution in [1.29, 1.82) is 0 Å². The van der Waals surface area contributed by atoms with Crippen LogP contribution in [0.2, 0.25) is 0 Å². The van der Waals surface area contributed by atoms with Gasteiger partial charge in [0.05, 0.1) is 19.7 Å². The van der Waals surface area contributed by atoms with Gasteiger partial charge in [-0.1, -0.05) is 6.07 Å². The molecule has 146 valence electrons. The summed E-state index contributed by atoms with van der Waals surface area (Å²) >= 11 is 1.10. The molecule has 0 radical (unpaired) electrons. The standard InChI is InChI=1S/C14H21N3O7S2/c1-22-11(23-2)9-16-14(19)13(18)15-8-10-17(5-6-24-10)26(20,21)12-4-3-7-25-12/h3-4,7,10-11H,5-6,8-9H2,1-2H3,(H,15,18)(H,16,19). The second kappa shape index (κ2) is 9.39. The summed E-state index contributed by atoms with van der Waals surface area (Å²) in [7, 11) is -0.893. The van der Waals surface area contributed by atoms with Gasteiger partial charge in [-0.25, -0.2) is 8.42 Å². The van der Waals surface area contributed by atoms with E-state index in [1.54, 1.807) is 11.4 Å². The molecular weight excluding hydrogens is 386 g/mol. The summed E-state index contributed by atoms with van der Waals surface area (Å²) in [6.45, 7) is 0.240. The molecular formula is C14H21N3O7S2. The molecule has 2 N–H and O–H groups in total. The number of sulfonamides is 1. The number of carbonyl (C=O) groups is 2. The molecule has 1 unspecified atom stereocenters. The van der Waals surface area contributed by atoms with Crippen LogP contribution in [0, 0.1) is 0 Å². The number of methoxy groups -OCH3 is 2. The van der Waals surface area contributed by atoms with Gasteiger partial charge in [0.25, 0.3) is 10.0 Å². The van der Waals surface area contributed by atoms with E-state index in [4.69, 9.17) is 14.2 Å². The first-order valence-corrected chi connectivity index (χ1v) is 10.0. The molecule has 1 aliphatic rings. The lowest BCUT2D eigenvalue weighted by atomic mass is 10.4. The number of nitrogens with zero attached hydrogens (tertiary/aromatic N) is 1. The third-order valence-corrected chi connectivity index (χ3v) is 6.86. The first-order chi connectivity index (χ1) is 12.4. The third-order valence-electron chi connectivity index (χ3n) is 3.60. The average molecular weight is 407 g/mol. The van der Waals surface area contributed by atoms with E-state index < -0.39 is 34.4 Å². The molecule has 12 heteroatoms. The Hall–Kier alpha value is -1.57. The van der Waals surface area contributed by atoms with Crippen molar-refractivity contribution >= 4 is 33.2 Å². The molecule has 0 saturated carbocycles. The summed E-state index contributed by atoms with van der Waals surface area (Å²) in [4.78, 5) is 23.6. The van der Waals surface area contributed by atoms with Crippen molar-refractivity contribution in [3.05, 3.63) is 17.5 Å². The topological polar surface area (TPSA) is 123 Å². The number of hydrogen-bond donors (Lipinski definition) is 2. The van der Waals surface area contributed by atoms with Crippen molar-refractivity contribution < 1.29 is 32.2 Å². The summed E-state index contributed by atoms with van der Waals surface area (Å²) < 4.78 is 41.7. The van der Waals surface area contributed by atoms with Gasteiger partial charge in [0.2, 0.25) is 0 Å². The Morgan fingerprint density at radius 1 is 1.35 bits per heavy atom. The van der Waals surface area contributed by atoms with Crippen LogP contribution in [0.4, 0.5) is 0 Å². The smallest absolute Gasteiger partial charge is 0.309 e. The van der Waals surface area contributed by atoms with Gasteiger partial charge < -0.3 is 24.8 Å². The summed E-state index contributed by atoms with van der Waals surface area (Å²) in [5, 5.41) is 6.39. The zero-order valence-corrected chi connectivity index (χ0v) is 16.0. The van der Waals surface area contributed by atoms with Crippen LogP contribution in [-0.2, 0) is 33.8 Å². The minimum absolute atomic E-state index is 0.00192. The third kappa shape index (κ3) is 4.99. The van der Waals surface area contributed by atoms with Gasteiger partial charge in [-0.3, -0.25) is 9.59 Å². The minimum Gasteiger partial charge on any atom is -0.359 e. The van der Waals surface area contributed by atoms with Crippen molar-refractivity contribution in [2.24, 2.45) is 0 Å². The Balaban J connectivity index is 1.88. The van der Waals surface area contributed by atoms with Crippen LogP contribution in [0.1, 0.15) is 0 Å². The van der Waals surface area contributed by atoms with Gasteiger partial charge in [-0.15, -0.1) is 11.3 Å². The first-order valence-electron chi connectivity index (χ1n) is 7.68. The second-order valence-corrected chi connectivity index (χ2v) is 8.26. The molecule has 1 fully saturated rings. The number of rotatable bonds is 8. The van der Waals surface area contributed by atoms with Gasteiger partial charge in [-0.2, -0.15) is 4.31 Å². The van der Waals surface area contributed by atoms with Crippen molar-refractivity contribution in [3.8, 4) is 0 Å². The maximum atomic E-state index is 12.6. The molecule has 0 spiro atoms. The number of hydrogen-bond acceptors (Lipinski definition) is 8.